The van der Waals surface area contributed by atoms with Crippen molar-refractivity contribution in [1.82, 2.24) is 4.31 Å². The molecular weight excluding hydrogens is 290 g/mol. The summed E-state index contributed by atoms with van der Waals surface area (Å²) in [6.45, 7) is 3.67. The highest BCUT2D eigenvalue weighted by Crippen LogP contribution is 2.28. The van der Waals surface area contributed by atoms with Crippen LogP contribution in [-0.2, 0) is 14.8 Å². The van der Waals surface area contributed by atoms with Crippen LogP contribution in [0.15, 0.2) is 17.0 Å². The summed E-state index contributed by atoms with van der Waals surface area (Å²) in [4.78, 5) is -0.968. The molecule has 2 rings (SSSR count). The predicted octanol–water partition coefficient (Wildman–Crippen LogP) is 1.35. The van der Waals surface area contributed by atoms with E-state index in [0.717, 1.165) is 16.4 Å². The maximum Gasteiger partial charge on any atom is 0.249 e. The van der Waals surface area contributed by atoms with E-state index in [2.05, 4.69) is 0 Å². The SMILES string of the molecule is CC1(C)CN(S(=O)(=O)c2c(F)cc(N)cc2F)CCO1. The minimum atomic E-state index is -4.26. The van der Waals surface area contributed by atoms with Crippen LogP contribution >= 0.6 is 0 Å². The predicted molar refractivity (Wildman–Crippen MR) is 69.6 cm³/mol. The molecule has 0 aliphatic carbocycles. The average molecular weight is 306 g/mol. The van der Waals surface area contributed by atoms with Crippen LogP contribution in [0.4, 0.5) is 14.5 Å². The lowest BCUT2D eigenvalue weighted by molar-refractivity contribution is -0.0641. The van der Waals surface area contributed by atoms with Gasteiger partial charge in [-0.1, -0.05) is 0 Å². The molecule has 20 heavy (non-hydrogen) atoms. The molecule has 8 heteroatoms. The van der Waals surface area contributed by atoms with Crippen LogP contribution in [0.25, 0.3) is 0 Å². The largest absolute Gasteiger partial charge is 0.399 e. The Hall–Kier alpha value is -1.25. The van der Waals surface area contributed by atoms with Crippen LogP contribution in [-0.4, -0.2) is 38.0 Å². The van der Waals surface area contributed by atoms with Crippen LogP contribution in [0.3, 0.4) is 0 Å². The number of nitrogens with zero attached hydrogens (tertiary/aromatic N) is 1. The molecule has 0 unspecified atom stereocenters. The van der Waals surface area contributed by atoms with Crippen LogP contribution in [0, 0.1) is 11.6 Å². The van der Waals surface area contributed by atoms with Gasteiger partial charge < -0.3 is 10.5 Å². The summed E-state index contributed by atoms with van der Waals surface area (Å²) in [6.07, 6.45) is 0. The number of nitrogen functional groups attached to an aromatic ring is 1. The fraction of sp³-hybridized carbons (Fsp3) is 0.500. The molecule has 5 nitrogen and oxygen atoms in total. The second kappa shape index (κ2) is 4.94. The van der Waals surface area contributed by atoms with E-state index >= 15 is 0 Å². The van der Waals surface area contributed by atoms with Crippen molar-refractivity contribution < 1.29 is 21.9 Å². The van der Waals surface area contributed by atoms with Gasteiger partial charge in [-0.05, 0) is 26.0 Å². The molecule has 1 heterocycles. The maximum absolute atomic E-state index is 13.8. The summed E-state index contributed by atoms with van der Waals surface area (Å²) in [6, 6.07) is 1.59. The number of rotatable bonds is 2. The topological polar surface area (TPSA) is 72.6 Å². The van der Waals surface area contributed by atoms with Gasteiger partial charge >= 0.3 is 0 Å². The minimum absolute atomic E-state index is 0.0264. The molecule has 0 spiro atoms. The van der Waals surface area contributed by atoms with Crippen molar-refractivity contribution in [1.29, 1.82) is 0 Å². The number of anilines is 1. The number of hydrogen-bond acceptors (Lipinski definition) is 4. The number of nitrogens with two attached hydrogens (primary N) is 1. The second-order valence-corrected chi connectivity index (χ2v) is 7.14. The molecule has 1 aromatic rings. The van der Waals surface area contributed by atoms with Gasteiger partial charge in [0.15, 0.2) is 4.90 Å². The Balaban J connectivity index is 2.46. The number of morpholine rings is 1. The number of benzene rings is 1. The summed E-state index contributed by atoms with van der Waals surface area (Å²) in [5.74, 6) is -2.38. The normalized spacial score (nSPS) is 20.0. The summed E-state index contributed by atoms with van der Waals surface area (Å²) in [5.41, 5.74) is 4.42. The van der Waals surface area contributed by atoms with E-state index in [-0.39, 0.29) is 25.4 Å². The molecule has 0 bridgehead atoms. The van der Waals surface area contributed by atoms with Crippen LogP contribution < -0.4 is 5.73 Å². The van der Waals surface area contributed by atoms with E-state index in [1.54, 1.807) is 13.8 Å². The van der Waals surface area contributed by atoms with Gasteiger partial charge in [0.05, 0.1) is 12.2 Å². The van der Waals surface area contributed by atoms with Gasteiger partial charge in [0.1, 0.15) is 11.6 Å². The zero-order valence-electron chi connectivity index (χ0n) is 11.2. The number of sulfonamides is 1. The Bertz CT molecular complexity index is 609. The van der Waals surface area contributed by atoms with Crippen LogP contribution in [0.1, 0.15) is 13.8 Å². The Morgan fingerprint density at radius 2 is 1.85 bits per heavy atom. The summed E-state index contributed by atoms with van der Waals surface area (Å²) < 4.78 is 58.8. The third-order valence-electron chi connectivity index (χ3n) is 3.01. The zero-order valence-corrected chi connectivity index (χ0v) is 12.0. The standard InChI is InChI=1S/C12H16F2N2O3S/c1-12(2)7-16(3-4-19-12)20(17,18)11-9(13)5-8(15)6-10(11)14/h5-6H,3-4,7,15H2,1-2H3. The van der Waals surface area contributed by atoms with Crippen LogP contribution in [0.2, 0.25) is 0 Å². The fourth-order valence-electron chi connectivity index (χ4n) is 2.13. The highest BCUT2D eigenvalue weighted by molar-refractivity contribution is 7.89. The lowest BCUT2D eigenvalue weighted by Gasteiger charge is -2.37. The van der Waals surface area contributed by atoms with E-state index in [0.29, 0.717) is 0 Å². The number of ether oxygens (including phenoxy) is 1. The molecule has 1 aromatic carbocycles. The highest BCUT2D eigenvalue weighted by atomic mass is 32.2. The maximum atomic E-state index is 13.8. The van der Waals surface area contributed by atoms with Gasteiger partial charge in [-0.2, -0.15) is 4.31 Å². The van der Waals surface area contributed by atoms with Gasteiger partial charge in [-0.3, -0.25) is 0 Å². The molecule has 1 aliphatic rings. The molecule has 2 N–H and O–H groups in total. The van der Waals surface area contributed by atoms with E-state index in [1.807, 2.05) is 0 Å². The first-order chi connectivity index (χ1) is 9.13. The molecule has 1 fully saturated rings. The van der Waals surface area contributed by atoms with E-state index in [1.165, 1.54) is 0 Å². The Labute approximate surface area is 116 Å². The first-order valence-corrected chi connectivity index (χ1v) is 7.46. The molecular formula is C12H16F2N2O3S. The Morgan fingerprint density at radius 3 is 2.35 bits per heavy atom. The van der Waals surface area contributed by atoms with E-state index in [4.69, 9.17) is 10.5 Å². The smallest absolute Gasteiger partial charge is 0.249 e. The quantitative estimate of drug-likeness (QED) is 0.837. The first-order valence-electron chi connectivity index (χ1n) is 6.02. The van der Waals surface area contributed by atoms with E-state index in [9.17, 15) is 17.2 Å². The van der Waals surface area contributed by atoms with E-state index < -0.39 is 32.2 Å². The second-order valence-electron chi connectivity index (χ2n) is 5.26. The molecule has 0 radical (unpaired) electrons. The van der Waals surface area contributed by atoms with Gasteiger partial charge in [-0.25, -0.2) is 17.2 Å². The van der Waals surface area contributed by atoms with Gasteiger partial charge in [0.25, 0.3) is 0 Å². The molecule has 0 aromatic heterocycles. The van der Waals surface area contributed by atoms with Crippen molar-refractivity contribution in [2.24, 2.45) is 0 Å². The van der Waals surface area contributed by atoms with Gasteiger partial charge in [0.2, 0.25) is 10.0 Å². The van der Waals surface area contributed by atoms with Crippen molar-refractivity contribution in [2.45, 2.75) is 24.3 Å². The van der Waals surface area contributed by atoms with Crippen molar-refractivity contribution in [3.05, 3.63) is 23.8 Å². The molecule has 0 saturated carbocycles. The summed E-state index contributed by atoms with van der Waals surface area (Å²) >= 11 is 0. The minimum Gasteiger partial charge on any atom is -0.399 e. The average Bonchev–Trinajstić information content (AvgIpc) is 2.25. The van der Waals surface area contributed by atoms with Crippen molar-refractivity contribution in [2.75, 3.05) is 25.4 Å². The van der Waals surface area contributed by atoms with Gasteiger partial charge in [-0.15, -0.1) is 0 Å². The lowest BCUT2D eigenvalue weighted by Crippen LogP contribution is -2.50. The molecule has 1 aliphatic heterocycles. The lowest BCUT2D eigenvalue weighted by atomic mass is 10.1. The molecule has 112 valence electrons. The Kier molecular flexibility index (Phi) is 3.74. The molecule has 1 saturated heterocycles. The molecule has 0 atom stereocenters. The molecule has 0 amide bonds. The van der Waals surface area contributed by atoms with Crippen molar-refractivity contribution in [3.8, 4) is 0 Å². The monoisotopic (exact) mass is 306 g/mol. The van der Waals surface area contributed by atoms with Crippen molar-refractivity contribution >= 4 is 15.7 Å². The first kappa shape index (κ1) is 15.1. The highest BCUT2D eigenvalue weighted by Gasteiger charge is 2.37. The van der Waals surface area contributed by atoms with Gasteiger partial charge in [0, 0.05) is 18.8 Å². The third-order valence-corrected chi connectivity index (χ3v) is 4.91. The summed E-state index contributed by atoms with van der Waals surface area (Å²) in [5, 5.41) is 0. The fourth-order valence-corrected chi connectivity index (χ4v) is 3.80. The number of hydrogen-bond donors (Lipinski definition) is 1. The summed E-state index contributed by atoms with van der Waals surface area (Å²) in [7, 11) is -4.26. The van der Waals surface area contributed by atoms with Crippen molar-refractivity contribution in [3.63, 3.8) is 0 Å². The third kappa shape index (κ3) is 2.77. The van der Waals surface area contributed by atoms with Crippen LogP contribution in [0.5, 0.6) is 0 Å². The Morgan fingerprint density at radius 1 is 1.30 bits per heavy atom. The number of halogens is 2. The zero-order chi connectivity index (χ0) is 15.1.